The lowest BCUT2D eigenvalue weighted by Crippen LogP contribution is -2.27. The average molecular weight is 250 g/mol. The summed E-state index contributed by atoms with van der Waals surface area (Å²) in [6, 6.07) is 4.99. The number of likely N-dealkylation sites (tertiary alicyclic amines) is 1. The molecule has 1 saturated heterocycles. The van der Waals surface area contributed by atoms with E-state index < -0.39 is 0 Å². The molecule has 0 unspecified atom stereocenters. The first-order valence-electron chi connectivity index (χ1n) is 6.99. The molecule has 1 aliphatic heterocycles. The third kappa shape index (κ3) is 3.79. The number of rotatable bonds is 3. The highest BCUT2D eigenvalue weighted by Gasteiger charge is 2.11. The van der Waals surface area contributed by atoms with Gasteiger partial charge >= 0.3 is 0 Å². The van der Waals surface area contributed by atoms with Crippen molar-refractivity contribution < 1.29 is 4.39 Å². The van der Waals surface area contributed by atoms with Gasteiger partial charge in [-0.1, -0.05) is 25.3 Å². The standard InChI is InChI=1S/C15H23FN2/c16-15-7-6-13(14(10-15)11-17)12-18-8-4-2-1-3-5-9-18/h6-7,10H,1-5,8-9,11-12,17H2. The predicted molar refractivity (Wildman–Crippen MR) is 72.7 cm³/mol. The van der Waals surface area contributed by atoms with Gasteiger partial charge in [0.25, 0.3) is 0 Å². The normalized spacial score (nSPS) is 18.3. The zero-order chi connectivity index (χ0) is 12.8. The number of hydrogen-bond donors (Lipinski definition) is 1. The second-order valence-corrected chi connectivity index (χ2v) is 5.16. The van der Waals surface area contributed by atoms with Gasteiger partial charge in [0.1, 0.15) is 5.82 Å². The van der Waals surface area contributed by atoms with Crippen molar-refractivity contribution in [1.82, 2.24) is 4.90 Å². The molecule has 0 spiro atoms. The molecule has 0 aromatic heterocycles. The van der Waals surface area contributed by atoms with Gasteiger partial charge in [-0.15, -0.1) is 0 Å². The van der Waals surface area contributed by atoms with Gasteiger partial charge < -0.3 is 5.73 Å². The van der Waals surface area contributed by atoms with Crippen LogP contribution in [-0.2, 0) is 13.1 Å². The molecule has 1 fully saturated rings. The fourth-order valence-corrected chi connectivity index (χ4v) is 2.65. The lowest BCUT2D eigenvalue weighted by Gasteiger charge is -2.25. The van der Waals surface area contributed by atoms with Gasteiger partial charge in [0.15, 0.2) is 0 Å². The molecule has 0 amide bonds. The molecule has 1 aromatic rings. The minimum Gasteiger partial charge on any atom is -0.326 e. The van der Waals surface area contributed by atoms with Crippen molar-refractivity contribution in [3.8, 4) is 0 Å². The fourth-order valence-electron chi connectivity index (χ4n) is 2.65. The Hall–Kier alpha value is -0.930. The van der Waals surface area contributed by atoms with Gasteiger partial charge in [-0.05, 0) is 49.2 Å². The number of nitrogens with two attached hydrogens (primary N) is 1. The zero-order valence-electron chi connectivity index (χ0n) is 11.0. The molecule has 2 N–H and O–H groups in total. The molecule has 2 rings (SSSR count). The Balaban J connectivity index is 2.02. The molecule has 0 radical (unpaired) electrons. The molecule has 0 atom stereocenters. The summed E-state index contributed by atoms with van der Waals surface area (Å²) in [5, 5.41) is 0. The van der Waals surface area contributed by atoms with E-state index >= 15 is 0 Å². The van der Waals surface area contributed by atoms with Gasteiger partial charge in [0.05, 0.1) is 0 Å². The third-order valence-corrected chi connectivity index (χ3v) is 3.73. The second kappa shape index (κ2) is 6.86. The Kier molecular flexibility index (Phi) is 5.14. The molecule has 2 nitrogen and oxygen atoms in total. The van der Waals surface area contributed by atoms with E-state index in [1.165, 1.54) is 37.7 Å². The van der Waals surface area contributed by atoms with Crippen LogP contribution in [0.2, 0.25) is 0 Å². The lowest BCUT2D eigenvalue weighted by molar-refractivity contribution is 0.239. The quantitative estimate of drug-likeness (QED) is 0.893. The summed E-state index contributed by atoms with van der Waals surface area (Å²) in [5.41, 5.74) is 7.82. The molecule has 3 heteroatoms. The van der Waals surface area contributed by atoms with Gasteiger partial charge in [-0.25, -0.2) is 4.39 Å². The van der Waals surface area contributed by atoms with Crippen LogP contribution >= 0.6 is 0 Å². The van der Waals surface area contributed by atoms with Crippen LogP contribution in [0.3, 0.4) is 0 Å². The largest absolute Gasteiger partial charge is 0.326 e. The van der Waals surface area contributed by atoms with Gasteiger partial charge in [0, 0.05) is 13.1 Å². The molecular formula is C15H23FN2. The van der Waals surface area contributed by atoms with Gasteiger partial charge in [0.2, 0.25) is 0 Å². The SMILES string of the molecule is NCc1cc(F)ccc1CN1CCCCCCC1. The van der Waals surface area contributed by atoms with E-state index in [0.29, 0.717) is 6.54 Å². The Bertz CT molecular complexity index is 371. The highest BCUT2D eigenvalue weighted by Crippen LogP contribution is 2.17. The first kappa shape index (κ1) is 13.5. The summed E-state index contributed by atoms with van der Waals surface area (Å²) < 4.78 is 13.2. The van der Waals surface area contributed by atoms with Crippen molar-refractivity contribution in [2.24, 2.45) is 5.73 Å². The van der Waals surface area contributed by atoms with Crippen LogP contribution in [-0.4, -0.2) is 18.0 Å². The van der Waals surface area contributed by atoms with Crippen LogP contribution in [0, 0.1) is 5.82 Å². The van der Waals surface area contributed by atoms with Crippen LogP contribution < -0.4 is 5.73 Å². The summed E-state index contributed by atoms with van der Waals surface area (Å²) in [6.07, 6.45) is 6.60. The predicted octanol–water partition coefficient (Wildman–Crippen LogP) is 3.05. The van der Waals surface area contributed by atoms with Crippen LogP contribution in [0.15, 0.2) is 18.2 Å². The van der Waals surface area contributed by atoms with E-state index in [4.69, 9.17) is 5.73 Å². The van der Waals surface area contributed by atoms with Crippen molar-refractivity contribution in [2.45, 2.75) is 45.2 Å². The van der Waals surface area contributed by atoms with Crippen molar-refractivity contribution in [2.75, 3.05) is 13.1 Å². The monoisotopic (exact) mass is 250 g/mol. The topological polar surface area (TPSA) is 29.3 Å². The zero-order valence-corrected chi connectivity index (χ0v) is 11.0. The molecule has 18 heavy (non-hydrogen) atoms. The van der Waals surface area contributed by atoms with E-state index in [-0.39, 0.29) is 5.82 Å². The van der Waals surface area contributed by atoms with Crippen molar-refractivity contribution in [1.29, 1.82) is 0 Å². The summed E-state index contributed by atoms with van der Waals surface area (Å²) >= 11 is 0. The smallest absolute Gasteiger partial charge is 0.123 e. The van der Waals surface area contributed by atoms with Crippen LogP contribution in [0.1, 0.15) is 43.2 Å². The molecule has 0 aliphatic carbocycles. The summed E-state index contributed by atoms with van der Waals surface area (Å²) in [5.74, 6) is -0.188. The molecule has 1 aliphatic rings. The number of nitrogens with zero attached hydrogens (tertiary/aromatic N) is 1. The molecule has 0 saturated carbocycles. The Morgan fingerprint density at radius 2 is 1.67 bits per heavy atom. The van der Waals surface area contributed by atoms with E-state index in [2.05, 4.69) is 4.90 Å². The van der Waals surface area contributed by atoms with Crippen LogP contribution in [0.25, 0.3) is 0 Å². The summed E-state index contributed by atoms with van der Waals surface area (Å²) in [4.78, 5) is 2.48. The maximum absolute atomic E-state index is 13.2. The maximum Gasteiger partial charge on any atom is 0.123 e. The van der Waals surface area contributed by atoms with Crippen molar-refractivity contribution >= 4 is 0 Å². The lowest BCUT2D eigenvalue weighted by atomic mass is 10.0. The number of halogens is 1. The van der Waals surface area contributed by atoms with Crippen molar-refractivity contribution in [3.05, 3.63) is 35.1 Å². The summed E-state index contributed by atoms with van der Waals surface area (Å²) in [7, 11) is 0. The Morgan fingerprint density at radius 3 is 2.33 bits per heavy atom. The maximum atomic E-state index is 13.2. The third-order valence-electron chi connectivity index (χ3n) is 3.73. The van der Waals surface area contributed by atoms with Crippen LogP contribution in [0.5, 0.6) is 0 Å². The first-order chi connectivity index (χ1) is 8.79. The summed E-state index contributed by atoms with van der Waals surface area (Å²) in [6.45, 7) is 3.64. The van der Waals surface area contributed by atoms with E-state index in [1.54, 1.807) is 12.1 Å². The van der Waals surface area contributed by atoms with Gasteiger partial charge in [-0.2, -0.15) is 0 Å². The fraction of sp³-hybridized carbons (Fsp3) is 0.600. The van der Waals surface area contributed by atoms with Crippen LogP contribution in [0.4, 0.5) is 4.39 Å². The van der Waals surface area contributed by atoms with Gasteiger partial charge in [-0.3, -0.25) is 4.90 Å². The minimum atomic E-state index is -0.188. The Morgan fingerprint density at radius 1 is 1.00 bits per heavy atom. The molecule has 100 valence electrons. The molecule has 1 heterocycles. The van der Waals surface area contributed by atoms with E-state index in [1.807, 2.05) is 6.07 Å². The highest BCUT2D eigenvalue weighted by molar-refractivity contribution is 5.27. The Labute approximate surface area is 109 Å². The molecular weight excluding hydrogens is 227 g/mol. The molecule has 1 aromatic carbocycles. The van der Waals surface area contributed by atoms with Crippen molar-refractivity contribution in [3.63, 3.8) is 0 Å². The minimum absolute atomic E-state index is 0.188. The first-order valence-corrected chi connectivity index (χ1v) is 6.99. The van der Waals surface area contributed by atoms with E-state index in [0.717, 1.165) is 25.2 Å². The van der Waals surface area contributed by atoms with E-state index in [9.17, 15) is 4.39 Å². The number of benzene rings is 1. The second-order valence-electron chi connectivity index (χ2n) is 5.16. The highest BCUT2D eigenvalue weighted by atomic mass is 19.1. The molecule has 0 bridgehead atoms. The average Bonchev–Trinajstić information content (AvgIpc) is 2.34. The number of hydrogen-bond acceptors (Lipinski definition) is 2.